The fraction of sp³-hybridized carbons (Fsp3) is 0.344. The van der Waals surface area contributed by atoms with E-state index in [-0.39, 0.29) is 24.5 Å². The Hall–Kier alpha value is -4.78. The zero-order valence-electron chi connectivity index (χ0n) is 24.4. The van der Waals surface area contributed by atoms with Gasteiger partial charge >= 0.3 is 18.0 Å². The van der Waals surface area contributed by atoms with Crippen LogP contribution in [0.1, 0.15) is 23.1 Å². The van der Waals surface area contributed by atoms with Gasteiger partial charge in [0.25, 0.3) is 0 Å². The SMILES string of the molecule is O=[N+]([O-])c1cn2c(n1)OC(COc1ccc(N3CCN(Cc4ccc(OCc5ccc(C(F)(F)F)cc5)cc4)CC3)cc1)CC2. The third-order valence-electron chi connectivity index (χ3n) is 7.90. The first-order valence-corrected chi connectivity index (χ1v) is 14.7. The first-order valence-electron chi connectivity index (χ1n) is 14.7. The number of aryl methyl sites for hydroxylation is 1. The monoisotopic (exact) mass is 623 g/mol. The van der Waals surface area contributed by atoms with Crippen LogP contribution in [0, 0.1) is 10.1 Å². The molecule has 0 N–H and O–H groups in total. The van der Waals surface area contributed by atoms with Crippen molar-refractivity contribution in [2.24, 2.45) is 0 Å². The smallest absolute Gasteiger partial charge is 0.416 e. The number of fused-ring (bicyclic) bond motifs is 1. The Morgan fingerprint density at radius 2 is 1.51 bits per heavy atom. The van der Waals surface area contributed by atoms with Crippen LogP contribution in [0.3, 0.4) is 0 Å². The lowest BCUT2D eigenvalue weighted by molar-refractivity contribution is -0.389. The number of hydrogen-bond donors (Lipinski definition) is 0. The van der Waals surface area contributed by atoms with Crippen molar-refractivity contribution in [3.8, 4) is 17.5 Å². The molecule has 3 heterocycles. The highest BCUT2D eigenvalue weighted by Gasteiger charge is 2.30. The molecule has 0 saturated carbocycles. The minimum Gasteiger partial charge on any atom is -0.490 e. The Labute approximate surface area is 257 Å². The Kier molecular flexibility index (Phi) is 8.78. The van der Waals surface area contributed by atoms with E-state index in [4.69, 9.17) is 14.2 Å². The summed E-state index contributed by atoms with van der Waals surface area (Å²) in [6.45, 7) is 5.54. The van der Waals surface area contributed by atoms with E-state index in [0.717, 1.165) is 61.9 Å². The molecule has 3 aromatic carbocycles. The zero-order chi connectivity index (χ0) is 31.4. The van der Waals surface area contributed by atoms with Crippen LogP contribution in [0.5, 0.6) is 17.5 Å². The highest BCUT2D eigenvalue weighted by molar-refractivity contribution is 5.49. The fourth-order valence-electron chi connectivity index (χ4n) is 5.35. The van der Waals surface area contributed by atoms with Crippen LogP contribution in [-0.2, 0) is 25.9 Å². The minimum absolute atomic E-state index is 0.197. The van der Waals surface area contributed by atoms with Gasteiger partial charge in [0.2, 0.25) is 0 Å². The largest absolute Gasteiger partial charge is 0.490 e. The van der Waals surface area contributed by atoms with Crippen LogP contribution in [0.15, 0.2) is 79.0 Å². The number of aromatic nitrogens is 2. The molecule has 1 saturated heterocycles. The summed E-state index contributed by atoms with van der Waals surface area (Å²) >= 11 is 0. The van der Waals surface area contributed by atoms with Gasteiger partial charge in [0.05, 0.1) is 5.56 Å². The van der Waals surface area contributed by atoms with E-state index in [9.17, 15) is 23.3 Å². The number of rotatable bonds is 10. The van der Waals surface area contributed by atoms with E-state index in [1.807, 2.05) is 48.5 Å². The van der Waals surface area contributed by atoms with Gasteiger partial charge in [-0.15, -0.1) is 0 Å². The van der Waals surface area contributed by atoms with E-state index in [2.05, 4.69) is 14.8 Å². The van der Waals surface area contributed by atoms with Crippen molar-refractivity contribution in [2.45, 2.75) is 38.4 Å². The zero-order valence-corrected chi connectivity index (χ0v) is 24.4. The molecule has 1 unspecified atom stereocenters. The number of nitrogens with zero attached hydrogens (tertiary/aromatic N) is 5. The van der Waals surface area contributed by atoms with Gasteiger partial charge in [-0.1, -0.05) is 24.3 Å². The standard InChI is InChI=1S/C32H32F3N5O5/c33-32(34,35)25-5-1-24(2-6-25)21-43-27-9-3-23(4-10-27)19-37-15-17-38(18-16-37)26-7-11-28(12-8-26)44-22-29-13-14-39-20-30(40(41)42)36-31(39)45-29/h1-12,20,29H,13-19,21-22H2. The molecule has 1 atom stereocenters. The maximum absolute atomic E-state index is 12.7. The van der Waals surface area contributed by atoms with Gasteiger partial charge < -0.3 is 29.2 Å². The molecule has 1 fully saturated rings. The number of imidazole rings is 1. The summed E-state index contributed by atoms with van der Waals surface area (Å²) in [7, 11) is 0. The van der Waals surface area contributed by atoms with Gasteiger partial charge in [-0.25, -0.2) is 0 Å². The molecule has 0 aliphatic carbocycles. The maximum Gasteiger partial charge on any atom is 0.416 e. The first kappa shape index (κ1) is 30.3. The number of nitro groups is 1. The van der Waals surface area contributed by atoms with Crippen molar-refractivity contribution < 1.29 is 32.3 Å². The molecular weight excluding hydrogens is 591 g/mol. The van der Waals surface area contributed by atoms with E-state index >= 15 is 0 Å². The molecule has 2 aliphatic rings. The normalized spacial score (nSPS) is 17.0. The van der Waals surface area contributed by atoms with Gasteiger partial charge in [0.1, 0.15) is 37.0 Å². The molecule has 4 aromatic rings. The van der Waals surface area contributed by atoms with Gasteiger partial charge in [-0.3, -0.25) is 9.47 Å². The number of anilines is 1. The minimum atomic E-state index is -4.35. The predicted octanol–water partition coefficient (Wildman–Crippen LogP) is 5.94. The maximum atomic E-state index is 12.7. The van der Waals surface area contributed by atoms with Crippen molar-refractivity contribution >= 4 is 11.5 Å². The first-order chi connectivity index (χ1) is 21.7. The number of piperazine rings is 1. The van der Waals surface area contributed by atoms with Gasteiger partial charge in [0.15, 0.2) is 0 Å². The van der Waals surface area contributed by atoms with Gasteiger partial charge in [-0.05, 0) is 64.6 Å². The third-order valence-corrected chi connectivity index (χ3v) is 7.90. The molecule has 236 valence electrons. The quantitative estimate of drug-likeness (QED) is 0.158. The molecule has 6 rings (SSSR count). The van der Waals surface area contributed by atoms with Gasteiger partial charge in [0, 0.05) is 56.4 Å². The van der Waals surface area contributed by atoms with Crippen molar-refractivity contribution in [2.75, 3.05) is 37.7 Å². The van der Waals surface area contributed by atoms with E-state index in [1.54, 1.807) is 4.57 Å². The average Bonchev–Trinajstić information content (AvgIpc) is 3.48. The summed E-state index contributed by atoms with van der Waals surface area (Å²) in [5, 5.41) is 11.0. The lowest BCUT2D eigenvalue weighted by Crippen LogP contribution is -2.45. The summed E-state index contributed by atoms with van der Waals surface area (Å²) in [5.74, 6) is 1.18. The number of alkyl halides is 3. The Morgan fingerprint density at radius 3 is 2.18 bits per heavy atom. The summed E-state index contributed by atoms with van der Waals surface area (Å²) < 4.78 is 57.4. The van der Waals surface area contributed by atoms with Crippen molar-refractivity contribution in [1.29, 1.82) is 0 Å². The van der Waals surface area contributed by atoms with Crippen molar-refractivity contribution in [1.82, 2.24) is 14.5 Å². The fourth-order valence-corrected chi connectivity index (χ4v) is 5.35. The van der Waals surface area contributed by atoms with Crippen LogP contribution < -0.4 is 19.1 Å². The van der Waals surface area contributed by atoms with E-state index in [0.29, 0.717) is 30.9 Å². The topological polar surface area (TPSA) is 95.1 Å². The van der Waals surface area contributed by atoms with Crippen LogP contribution in [0.25, 0.3) is 0 Å². The molecule has 0 spiro atoms. The number of hydrogen-bond acceptors (Lipinski definition) is 8. The molecular formula is C32H32F3N5O5. The van der Waals surface area contributed by atoms with Crippen molar-refractivity contribution in [3.63, 3.8) is 0 Å². The number of halogens is 3. The summed E-state index contributed by atoms with van der Waals surface area (Å²) in [4.78, 5) is 19.1. The van der Waals surface area contributed by atoms with Gasteiger partial charge in [-0.2, -0.15) is 13.2 Å². The predicted molar refractivity (Wildman–Crippen MR) is 160 cm³/mol. The number of benzene rings is 3. The molecule has 2 aliphatic heterocycles. The highest BCUT2D eigenvalue weighted by atomic mass is 19.4. The average molecular weight is 624 g/mol. The second-order valence-electron chi connectivity index (χ2n) is 11.1. The molecule has 13 heteroatoms. The Bertz CT molecular complexity index is 1590. The summed E-state index contributed by atoms with van der Waals surface area (Å²) in [5.41, 5.74) is 2.29. The molecule has 45 heavy (non-hydrogen) atoms. The Balaban J connectivity index is 0.914. The van der Waals surface area contributed by atoms with E-state index in [1.165, 1.54) is 18.3 Å². The lowest BCUT2D eigenvalue weighted by Gasteiger charge is -2.36. The molecule has 0 amide bonds. The van der Waals surface area contributed by atoms with Crippen LogP contribution in [0.2, 0.25) is 0 Å². The van der Waals surface area contributed by atoms with Crippen LogP contribution >= 0.6 is 0 Å². The molecule has 0 radical (unpaired) electrons. The Morgan fingerprint density at radius 1 is 0.867 bits per heavy atom. The third kappa shape index (κ3) is 7.66. The number of ether oxygens (including phenoxy) is 3. The summed E-state index contributed by atoms with van der Waals surface area (Å²) in [6, 6.07) is 21.0. The molecule has 0 bridgehead atoms. The molecule has 1 aromatic heterocycles. The molecule has 10 nitrogen and oxygen atoms in total. The van der Waals surface area contributed by atoms with E-state index < -0.39 is 16.7 Å². The summed E-state index contributed by atoms with van der Waals surface area (Å²) in [6.07, 6.45) is -2.52. The lowest BCUT2D eigenvalue weighted by atomic mass is 10.1. The van der Waals surface area contributed by atoms with Crippen LogP contribution in [-0.4, -0.2) is 58.3 Å². The van der Waals surface area contributed by atoms with Crippen molar-refractivity contribution in [3.05, 3.63) is 106 Å². The highest BCUT2D eigenvalue weighted by Crippen LogP contribution is 2.30. The second kappa shape index (κ2) is 13.1. The van der Waals surface area contributed by atoms with Crippen LogP contribution in [0.4, 0.5) is 24.7 Å². The second-order valence-corrected chi connectivity index (χ2v) is 11.1.